The normalized spacial score (nSPS) is 12.7. The lowest BCUT2D eigenvalue weighted by Crippen LogP contribution is -1.88. The lowest BCUT2D eigenvalue weighted by atomic mass is 10.1. The summed E-state index contributed by atoms with van der Waals surface area (Å²) in [5, 5.41) is 0. The van der Waals surface area contributed by atoms with Gasteiger partial charge in [0.1, 0.15) is 0 Å². The van der Waals surface area contributed by atoms with Crippen LogP contribution < -0.4 is 0 Å². The Morgan fingerprint density at radius 2 is 1.77 bits per heavy atom. The highest BCUT2D eigenvalue weighted by molar-refractivity contribution is 9.09. The van der Waals surface area contributed by atoms with Crippen LogP contribution in [-0.4, -0.2) is 0 Å². The van der Waals surface area contributed by atoms with Crippen molar-refractivity contribution in [1.82, 2.24) is 0 Å². The second-order valence-corrected chi connectivity index (χ2v) is 3.75. The molecule has 0 aliphatic rings. The van der Waals surface area contributed by atoms with Crippen LogP contribution in [0.5, 0.6) is 0 Å². The van der Waals surface area contributed by atoms with E-state index in [4.69, 9.17) is 4.42 Å². The van der Waals surface area contributed by atoms with Gasteiger partial charge in [-0.25, -0.2) is 0 Å². The number of rotatable bonds is 2. The van der Waals surface area contributed by atoms with Crippen LogP contribution in [0.1, 0.15) is 16.0 Å². The van der Waals surface area contributed by atoms with Crippen LogP contribution in [0.25, 0.3) is 0 Å². The highest BCUT2D eigenvalue weighted by atomic mass is 79.9. The summed E-state index contributed by atoms with van der Waals surface area (Å²) in [5.74, 6) is 0. The highest BCUT2D eigenvalue weighted by Crippen LogP contribution is 2.30. The molecule has 66 valence electrons. The van der Waals surface area contributed by atoms with E-state index in [1.165, 1.54) is 5.56 Å². The van der Waals surface area contributed by atoms with Crippen LogP contribution >= 0.6 is 15.9 Å². The van der Waals surface area contributed by atoms with Crippen LogP contribution in [0.4, 0.5) is 0 Å². The molecule has 1 aromatic carbocycles. The molecule has 0 saturated heterocycles. The van der Waals surface area contributed by atoms with Gasteiger partial charge in [0, 0.05) is 5.56 Å². The standard InChI is InChI=1S/C11H9BrO/c12-11(10-6-7-13-8-10)9-4-2-1-3-5-9/h1-8,11H. The summed E-state index contributed by atoms with van der Waals surface area (Å²) in [4.78, 5) is 0.229. The summed E-state index contributed by atoms with van der Waals surface area (Å²) in [7, 11) is 0. The van der Waals surface area contributed by atoms with Crippen LogP contribution in [0, 0.1) is 0 Å². The van der Waals surface area contributed by atoms with Crippen molar-refractivity contribution in [3.8, 4) is 0 Å². The minimum absolute atomic E-state index is 0.229. The molecule has 13 heavy (non-hydrogen) atoms. The maximum Gasteiger partial charge on any atom is 0.0949 e. The van der Waals surface area contributed by atoms with Gasteiger partial charge in [0.05, 0.1) is 17.4 Å². The molecule has 1 atom stereocenters. The maximum absolute atomic E-state index is 5.03. The molecule has 1 unspecified atom stereocenters. The van der Waals surface area contributed by atoms with E-state index in [0.717, 1.165) is 5.56 Å². The van der Waals surface area contributed by atoms with E-state index in [-0.39, 0.29) is 4.83 Å². The largest absolute Gasteiger partial charge is 0.472 e. The second-order valence-electron chi connectivity index (χ2n) is 2.83. The molecular formula is C11H9BrO. The van der Waals surface area contributed by atoms with Crippen molar-refractivity contribution in [2.24, 2.45) is 0 Å². The Labute approximate surface area is 85.5 Å². The molecule has 0 amide bonds. The minimum atomic E-state index is 0.229. The number of hydrogen-bond acceptors (Lipinski definition) is 1. The average molecular weight is 237 g/mol. The summed E-state index contributed by atoms with van der Waals surface area (Å²) in [5.41, 5.74) is 2.38. The van der Waals surface area contributed by atoms with Crippen LogP contribution in [0.15, 0.2) is 53.3 Å². The van der Waals surface area contributed by atoms with Crippen molar-refractivity contribution in [3.05, 3.63) is 60.1 Å². The smallest absolute Gasteiger partial charge is 0.0949 e. The van der Waals surface area contributed by atoms with E-state index in [2.05, 4.69) is 28.1 Å². The van der Waals surface area contributed by atoms with Gasteiger partial charge < -0.3 is 4.42 Å². The molecule has 0 aliphatic heterocycles. The monoisotopic (exact) mass is 236 g/mol. The zero-order chi connectivity index (χ0) is 9.10. The number of hydrogen-bond donors (Lipinski definition) is 0. The van der Waals surface area contributed by atoms with E-state index in [1.54, 1.807) is 12.5 Å². The van der Waals surface area contributed by atoms with Crippen LogP contribution in [0.2, 0.25) is 0 Å². The van der Waals surface area contributed by atoms with Crippen molar-refractivity contribution < 1.29 is 4.42 Å². The van der Waals surface area contributed by atoms with Gasteiger partial charge >= 0.3 is 0 Å². The van der Waals surface area contributed by atoms with E-state index in [1.807, 2.05) is 24.3 Å². The highest BCUT2D eigenvalue weighted by Gasteiger charge is 2.09. The van der Waals surface area contributed by atoms with Gasteiger partial charge in [0.25, 0.3) is 0 Å². The third-order valence-electron chi connectivity index (χ3n) is 1.93. The number of benzene rings is 1. The third-order valence-corrected chi connectivity index (χ3v) is 2.99. The molecule has 1 aromatic heterocycles. The molecule has 0 N–H and O–H groups in total. The molecule has 0 fully saturated rings. The van der Waals surface area contributed by atoms with Gasteiger partial charge in [0.15, 0.2) is 0 Å². The molecule has 2 rings (SSSR count). The Hall–Kier alpha value is -1.02. The van der Waals surface area contributed by atoms with Crippen molar-refractivity contribution in [1.29, 1.82) is 0 Å². The third kappa shape index (κ3) is 1.83. The first-order valence-corrected chi connectivity index (χ1v) is 5.00. The van der Waals surface area contributed by atoms with E-state index < -0.39 is 0 Å². The van der Waals surface area contributed by atoms with E-state index in [9.17, 15) is 0 Å². The predicted molar refractivity (Wildman–Crippen MR) is 55.9 cm³/mol. The van der Waals surface area contributed by atoms with Gasteiger partial charge in [-0.2, -0.15) is 0 Å². The molecule has 0 spiro atoms. The van der Waals surface area contributed by atoms with Crippen LogP contribution in [0.3, 0.4) is 0 Å². The first kappa shape index (κ1) is 8.57. The Balaban J connectivity index is 2.29. The number of halogens is 1. The summed E-state index contributed by atoms with van der Waals surface area (Å²) in [6.07, 6.45) is 3.44. The fraction of sp³-hybridized carbons (Fsp3) is 0.0909. The lowest BCUT2D eigenvalue weighted by molar-refractivity contribution is 0.564. The number of furan rings is 1. The summed E-state index contributed by atoms with van der Waals surface area (Å²) >= 11 is 3.61. The topological polar surface area (TPSA) is 13.1 Å². The minimum Gasteiger partial charge on any atom is -0.472 e. The Morgan fingerprint density at radius 3 is 2.38 bits per heavy atom. The summed E-state index contributed by atoms with van der Waals surface area (Å²) < 4.78 is 5.03. The quantitative estimate of drug-likeness (QED) is 0.724. The SMILES string of the molecule is BrC(c1ccccc1)c1ccoc1. The second kappa shape index (κ2) is 3.79. The maximum atomic E-state index is 5.03. The fourth-order valence-corrected chi connectivity index (χ4v) is 1.80. The molecule has 0 radical (unpaired) electrons. The Kier molecular flexibility index (Phi) is 2.50. The van der Waals surface area contributed by atoms with Gasteiger partial charge in [-0.1, -0.05) is 46.3 Å². The Morgan fingerprint density at radius 1 is 1.00 bits per heavy atom. The van der Waals surface area contributed by atoms with Crippen molar-refractivity contribution in [3.63, 3.8) is 0 Å². The van der Waals surface area contributed by atoms with Crippen molar-refractivity contribution >= 4 is 15.9 Å². The Bertz CT molecular complexity index is 353. The molecular weight excluding hydrogens is 228 g/mol. The lowest BCUT2D eigenvalue weighted by Gasteiger charge is -2.06. The van der Waals surface area contributed by atoms with E-state index in [0.29, 0.717) is 0 Å². The van der Waals surface area contributed by atoms with Crippen molar-refractivity contribution in [2.75, 3.05) is 0 Å². The van der Waals surface area contributed by atoms with E-state index >= 15 is 0 Å². The molecule has 0 saturated carbocycles. The summed E-state index contributed by atoms with van der Waals surface area (Å²) in [6.45, 7) is 0. The molecule has 2 heteroatoms. The fourth-order valence-electron chi connectivity index (χ4n) is 1.23. The van der Waals surface area contributed by atoms with Gasteiger partial charge in [-0.05, 0) is 11.6 Å². The molecule has 0 bridgehead atoms. The average Bonchev–Trinajstić information content (AvgIpc) is 2.71. The number of alkyl halides is 1. The first-order valence-electron chi connectivity index (χ1n) is 4.09. The summed E-state index contributed by atoms with van der Waals surface area (Å²) in [6, 6.07) is 12.2. The van der Waals surface area contributed by atoms with Gasteiger partial charge in [-0.15, -0.1) is 0 Å². The van der Waals surface area contributed by atoms with Crippen molar-refractivity contribution in [2.45, 2.75) is 4.83 Å². The zero-order valence-corrected chi connectivity index (χ0v) is 8.57. The molecule has 1 heterocycles. The zero-order valence-electron chi connectivity index (χ0n) is 6.98. The predicted octanol–water partition coefficient (Wildman–Crippen LogP) is 3.76. The first-order chi connectivity index (χ1) is 6.38. The molecule has 2 aromatic rings. The van der Waals surface area contributed by atoms with Gasteiger partial charge in [0.2, 0.25) is 0 Å². The van der Waals surface area contributed by atoms with Crippen LogP contribution in [-0.2, 0) is 0 Å². The molecule has 1 nitrogen and oxygen atoms in total. The van der Waals surface area contributed by atoms with Gasteiger partial charge in [-0.3, -0.25) is 0 Å². The molecule has 0 aliphatic carbocycles.